The standard InChI is InChI=1S/C14H19N3S/c1-11-16-13-3-2-12(10-14(13)18-11)4-7-17-8-5-15-6-9-17/h2-3,10,15H,4-9H2,1H3. The summed E-state index contributed by atoms with van der Waals surface area (Å²) in [5.74, 6) is 0. The van der Waals surface area contributed by atoms with Crippen molar-refractivity contribution in [3.63, 3.8) is 0 Å². The summed E-state index contributed by atoms with van der Waals surface area (Å²) in [6.45, 7) is 7.88. The van der Waals surface area contributed by atoms with E-state index in [1.807, 2.05) is 0 Å². The maximum Gasteiger partial charge on any atom is 0.0907 e. The second kappa shape index (κ2) is 5.34. The van der Waals surface area contributed by atoms with Crippen molar-refractivity contribution in [1.82, 2.24) is 15.2 Å². The van der Waals surface area contributed by atoms with Crippen LogP contribution in [0.25, 0.3) is 10.2 Å². The molecule has 0 bridgehead atoms. The summed E-state index contributed by atoms with van der Waals surface area (Å²) in [4.78, 5) is 7.04. The average Bonchev–Trinajstić information content (AvgIpc) is 2.77. The molecule has 0 radical (unpaired) electrons. The highest BCUT2D eigenvalue weighted by Gasteiger charge is 2.09. The first-order valence-electron chi connectivity index (χ1n) is 6.60. The highest BCUT2D eigenvalue weighted by Crippen LogP contribution is 2.22. The number of hydrogen-bond acceptors (Lipinski definition) is 4. The van der Waals surface area contributed by atoms with Crippen molar-refractivity contribution in [2.75, 3.05) is 32.7 Å². The SMILES string of the molecule is Cc1nc2ccc(CCN3CCNCC3)cc2s1. The molecule has 1 aromatic heterocycles. The molecule has 0 unspecified atom stereocenters. The Hall–Kier alpha value is -0.970. The summed E-state index contributed by atoms with van der Waals surface area (Å²) in [7, 11) is 0. The van der Waals surface area contributed by atoms with E-state index < -0.39 is 0 Å². The van der Waals surface area contributed by atoms with Crippen molar-refractivity contribution in [2.24, 2.45) is 0 Å². The van der Waals surface area contributed by atoms with Gasteiger partial charge in [0.15, 0.2) is 0 Å². The maximum absolute atomic E-state index is 4.50. The number of nitrogens with zero attached hydrogens (tertiary/aromatic N) is 2. The van der Waals surface area contributed by atoms with Crippen molar-refractivity contribution in [3.05, 3.63) is 28.8 Å². The van der Waals surface area contributed by atoms with Gasteiger partial charge in [0.05, 0.1) is 15.2 Å². The van der Waals surface area contributed by atoms with Gasteiger partial charge in [-0.15, -0.1) is 11.3 Å². The quantitative estimate of drug-likeness (QED) is 0.916. The Morgan fingerprint density at radius 1 is 1.33 bits per heavy atom. The van der Waals surface area contributed by atoms with Crippen LogP contribution in [0.15, 0.2) is 18.2 Å². The Balaban J connectivity index is 1.66. The molecular formula is C14H19N3S. The van der Waals surface area contributed by atoms with Gasteiger partial charge in [0, 0.05) is 32.7 Å². The van der Waals surface area contributed by atoms with E-state index in [0.29, 0.717) is 0 Å². The number of aryl methyl sites for hydroxylation is 1. The lowest BCUT2D eigenvalue weighted by molar-refractivity contribution is 0.244. The van der Waals surface area contributed by atoms with Crippen LogP contribution in [0.1, 0.15) is 10.6 Å². The largest absolute Gasteiger partial charge is 0.314 e. The molecule has 1 N–H and O–H groups in total. The molecule has 2 heterocycles. The first-order valence-corrected chi connectivity index (χ1v) is 7.42. The monoisotopic (exact) mass is 261 g/mol. The summed E-state index contributed by atoms with van der Waals surface area (Å²) in [5.41, 5.74) is 2.58. The molecule has 0 amide bonds. The van der Waals surface area contributed by atoms with Crippen LogP contribution >= 0.6 is 11.3 Å². The third kappa shape index (κ3) is 2.71. The van der Waals surface area contributed by atoms with Crippen LogP contribution < -0.4 is 5.32 Å². The van der Waals surface area contributed by atoms with Gasteiger partial charge >= 0.3 is 0 Å². The molecule has 1 aromatic carbocycles. The summed E-state index contributed by atoms with van der Waals surface area (Å²) >= 11 is 1.79. The molecule has 0 spiro atoms. The fourth-order valence-corrected chi connectivity index (χ4v) is 3.35. The van der Waals surface area contributed by atoms with Gasteiger partial charge in [-0.1, -0.05) is 6.07 Å². The minimum Gasteiger partial charge on any atom is -0.314 e. The predicted octanol–water partition coefficient (Wildman–Crippen LogP) is 2.05. The second-order valence-electron chi connectivity index (χ2n) is 4.88. The molecule has 0 saturated carbocycles. The minimum absolute atomic E-state index is 1.13. The number of aromatic nitrogens is 1. The molecule has 1 fully saturated rings. The zero-order valence-electron chi connectivity index (χ0n) is 10.8. The molecular weight excluding hydrogens is 242 g/mol. The van der Waals surface area contributed by atoms with Crippen LogP contribution in [0.5, 0.6) is 0 Å². The predicted molar refractivity (Wildman–Crippen MR) is 77.4 cm³/mol. The van der Waals surface area contributed by atoms with Crippen LogP contribution in [0, 0.1) is 6.92 Å². The highest BCUT2D eigenvalue weighted by molar-refractivity contribution is 7.18. The van der Waals surface area contributed by atoms with Crippen LogP contribution in [0.3, 0.4) is 0 Å². The van der Waals surface area contributed by atoms with Crippen molar-refractivity contribution in [3.8, 4) is 0 Å². The third-order valence-corrected chi connectivity index (χ3v) is 4.42. The van der Waals surface area contributed by atoms with E-state index in [1.165, 1.54) is 29.9 Å². The van der Waals surface area contributed by atoms with Crippen LogP contribution in [-0.2, 0) is 6.42 Å². The summed E-state index contributed by atoms with van der Waals surface area (Å²) in [6, 6.07) is 6.69. The highest BCUT2D eigenvalue weighted by atomic mass is 32.1. The van der Waals surface area contributed by atoms with E-state index in [4.69, 9.17) is 0 Å². The van der Waals surface area contributed by atoms with Crippen LogP contribution in [0.4, 0.5) is 0 Å². The average molecular weight is 261 g/mol. The molecule has 3 rings (SSSR count). The number of piperazine rings is 1. The maximum atomic E-state index is 4.50. The number of rotatable bonds is 3. The van der Waals surface area contributed by atoms with E-state index in [2.05, 4.69) is 40.3 Å². The topological polar surface area (TPSA) is 28.2 Å². The Morgan fingerprint density at radius 3 is 3.00 bits per heavy atom. The first-order chi connectivity index (χ1) is 8.81. The second-order valence-corrected chi connectivity index (χ2v) is 6.11. The Morgan fingerprint density at radius 2 is 2.17 bits per heavy atom. The molecule has 1 saturated heterocycles. The molecule has 0 aliphatic carbocycles. The first kappa shape index (κ1) is 12.1. The Kier molecular flexibility index (Phi) is 3.59. The molecule has 3 nitrogen and oxygen atoms in total. The number of thiazole rings is 1. The lowest BCUT2D eigenvalue weighted by Crippen LogP contribution is -2.44. The van der Waals surface area contributed by atoms with Crippen molar-refractivity contribution >= 4 is 21.6 Å². The van der Waals surface area contributed by atoms with E-state index >= 15 is 0 Å². The van der Waals surface area contributed by atoms with Gasteiger partial charge in [-0.3, -0.25) is 0 Å². The van der Waals surface area contributed by atoms with E-state index in [1.54, 1.807) is 11.3 Å². The third-order valence-electron chi connectivity index (χ3n) is 3.49. The van der Waals surface area contributed by atoms with Gasteiger partial charge in [-0.2, -0.15) is 0 Å². The lowest BCUT2D eigenvalue weighted by atomic mass is 10.1. The van der Waals surface area contributed by atoms with Gasteiger partial charge in [0.25, 0.3) is 0 Å². The molecule has 4 heteroatoms. The van der Waals surface area contributed by atoms with Gasteiger partial charge < -0.3 is 10.2 Å². The Bertz CT molecular complexity index is 529. The van der Waals surface area contributed by atoms with Crippen LogP contribution in [-0.4, -0.2) is 42.6 Å². The summed E-state index contributed by atoms with van der Waals surface area (Å²) in [6.07, 6.45) is 1.15. The van der Waals surface area contributed by atoms with E-state index in [9.17, 15) is 0 Å². The number of nitrogens with one attached hydrogen (secondary N) is 1. The van der Waals surface area contributed by atoms with Gasteiger partial charge in [-0.05, 0) is 31.0 Å². The summed E-state index contributed by atoms with van der Waals surface area (Å²) < 4.78 is 1.32. The normalized spacial score (nSPS) is 17.4. The fourth-order valence-electron chi connectivity index (χ4n) is 2.46. The van der Waals surface area contributed by atoms with Crippen molar-refractivity contribution < 1.29 is 0 Å². The zero-order valence-corrected chi connectivity index (χ0v) is 11.6. The van der Waals surface area contributed by atoms with Crippen LogP contribution in [0.2, 0.25) is 0 Å². The molecule has 18 heavy (non-hydrogen) atoms. The number of hydrogen-bond donors (Lipinski definition) is 1. The summed E-state index contributed by atoms with van der Waals surface area (Å²) in [5, 5.41) is 4.55. The smallest absolute Gasteiger partial charge is 0.0907 e. The molecule has 1 aliphatic rings. The molecule has 96 valence electrons. The van der Waals surface area contributed by atoms with Gasteiger partial charge in [0.2, 0.25) is 0 Å². The minimum atomic E-state index is 1.13. The molecule has 1 aliphatic heterocycles. The molecule has 0 atom stereocenters. The van der Waals surface area contributed by atoms with E-state index in [0.717, 1.165) is 30.0 Å². The van der Waals surface area contributed by atoms with E-state index in [-0.39, 0.29) is 0 Å². The number of benzene rings is 1. The van der Waals surface area contributed by atoms with Gasteiger partial charge in [0.1, 0.15) is 0 Å². The fraction of sp³-hybridized carbons (Fsp3) is 0.500. The van der Waals surface area contributed by atoms with Crippen molar-refractivity contribution in [1.29, 1.82) is 0 Å². The molecule has 2 aromatic rings. The lowest BCUT2D eigenvalue weighted by Gasteiger charge is -2.27. The zero-order chi connectivity index (χ0) is 12.4. The van der Waals surface area contributed by atoms with Gasteiger partial charge in [-0.25, -0.2) is 4.98 Å². The number of fused-ring (bicyclic) bond motifs is 1. The Labute approximate surface area is 112 Å². The van der Waals surface area contributed by atoms with Crippen molar-refractivity contribution in [2.45, 2.75) is 13.3 Å².